The minimum atomic E-state index is -0.978. The molecular weight excluding hydrogens is 401 g/mol. The maximum atomic E-state index is 13.6. The molecule has 8 nitrogen and oxygen atoms in total. The average molecular weight is 419 g/mol. The van der Waals surface area contributed by atoms with Crippen LogP contribution in [0, 0.1) is 5.82 Å². The van der Waals surface area contributed by atoms with E-state index < -0.39 is 17.4 Å². The Morgan fingerprint density at radius 1 is 1.10 bits per heavy atom. The van der Waals surface area contributed by atoms with Gasteiger partial charge in [-0.25, -0.2) is 24.6 Å². The van der Waals surface area contributed by atoms with Gasteiger partial charge in [-0.1, -0.05) is 30.3 Å². The summed E-state index contributed by atoms with van der Waals surface area (Å²) in [6, 6.07) is 12.9. The summed E-state index contributed by atoms with van der Waals surface area (Å²) in [5, 5.41) is 2.92. The summed E-state index contributed by atoms with van der Waals surface area (Å²) in [6.45, 7) is 0.598. The number of carbonyl (C=O) groups is 2. The Balaban J connectivity index is 1.46. The third-order valence-electron chi connectivity index (χ3n) is 5.51. The number of carbonyl (C=O) groups excluding carboxylic acids is 2. The molecule has 1 fully saturated rings. The molecule has 1 atom stereocenters. The highest BCUT2D eigenvalue weighted by Crippen LogP contribution is 2.31. The monoisotopic (exact) mass is 419 g/mol. The number of nitrogens with one attached hydrogen (secondary N) is 2. The lowest BCUT2D eigenvalue weighted by atomic mass is 9.88. The zero-order valence-corrected chi connectivity index (χ0v) is 16.3. The number of hydrogen-bond donors (Lipinski definition) is 2. The van der Waals surface area contributed by atoms with Crippen molar-refractivity contribution in [1.82, 2.24) is 25.7 Å². The van der Waals surface area contributed by atoms with Crippen molar-refractivity contribution in [2.24, 2.45) is 0 Å². The molecule has 0 unspecified atom stereocenters. The molecule has 0 bridgehead atoms. The standard InChI is InChI=1S/C22H18FN5O3/c23-17-7-4-15-11-28(20(29)18(15)10-17)12-22(13-31-27-21(30)26-22)16-5-2-14(3-6-16)19-24-8-1-9-25-19/h1-10H,11-13H2,(H2,26,27,30)/t22-/m0/s1. The molecule has 2 aromatic carbocycles. The van der Waals surface area contributed by atoms with E-state index in [1.54, 1.807) is 29.4 Å². The van der Waals surface area contributed by atoms with Crippen LogP contribution in [-0.2, 0) is 16.9 Å². The predicted molar refractivity (Wildman–Crippen MR) is 108 cm³/mol. The smallest absolute Gasteiger partial charge is 0.331 e. The van der Waals surface area contributed by atoms with Gasteiger partial charge >= 0.3 is 6.03 Å². The summed E-state index contributed by atoms with van der Waals surface area (Å²) in [6.07, 6.45) is 3.33. The summed E-state index contributed by atoms with van der Waals surface area (Å²) in [5.41, 5.74) is 3.98. The van der Waals surface area contributed by atoms with Gasteiger partial charge < -0.3 is 10.2 Å². The lowest BCUT2D eigenvalue weighted by Gasteiger charge is -2.40. The van der Waals surface area contributed by atoms with Gasteiger partial charge in [-0.05, 0) is 29.3 Å². The second-order valence-corrected chi connectivity index (χ2v) is 7.54. The molecule has 156 valence electrons. The third kappa shape index (κ3) is 3.49. The van der Waals surface area contributed by atoms with Crippen LogP contribution >= 0.6 is 0 Å². The fourth-order valence-electron chi connectivity index (χ4n) is 4.01. The molecule has 3 heterocycles. The zero-order valence-electron chi connectivity index (χ0n) is 16.3. The Labute approximate surface area is 177 Å². The van der Waals surface area contributed by atoms with Gasteiger partial charge in [0.05, 0.1) is 6.54 Å². The number of benzene rings is 2. The van der Waals surface area contributed by atoms with E-state index in [4.69, 9.17) is 4.84 Å². The second kappa shape index (κ2) is 7.44. The Morgan fingerprint density at radius 2 is 1.87 bits per heavy atom. The molecule has 2 aliphatic rings. The zero-order chi connectivity index (χ0) is 21.4. The van der Waals surface area contributed by atoms with Gasteiger partial charge in [0.25, 0.3) is 5.91 Å². The van der Waals surface area contributed by atoms with Crippen molar-refractivity contribution < 1.29 is 18.8 Å². The number of hydrogen-bond acceptors (Lipinski definition) is 5. The lowest BCUT2D eigenvalue weighted by molar-refractivity contribution is -0.0221. The van der Waals surface area contributed by atoms with E-state index in [-0.39, 0.29) is 19.1 Å². The molecule has 3 aromatic rings. The number of rotatable bonds is 4. The lowest BCUT2D eigenvalue weighted by Crippen LogP contribution is -2.62. The van der Waals surface area contributed by atoms with Crippen LogP contribution < -0.4 is 10.8 Å². The summed E-state index contributed by atoms with van der Waals surface area (Å²) >= 11 is 0. The molecule has 5 rings (SSSR count). The largest absolute Gasteiger partial charge is 0.339 e. The van der Waals surface area contributed by atoms with Gasteiger partial charge in [0.1, 0.15) is 18.0 Å². The third-order valence-corrected chi connectivity index (χ3v) is 5.51. The molecule has 0 saturated carbocycles. The number of halogens is 1. The maximum Gasteiger partial charge on any atom is 0.339 e. The molecule has 0 radical (unpaired) electrons. The number of amides is 3. The van der Waals surface area contributed by atoms with E-state index in [2.05, 4.69) is 20.8 Å². The molecule has 2 aliphatic heterocycles. The number of urea groups is 1. The summed E-state index contributed by atoms with van der Waals surface area (Å²) < 4.78 is 13.6. The van der Waals surface area contributed by atoms with Crippen molar-refractivity contribution in [2.75, 3.05) is 13.2 Å². The van der Waals surface area contributed by atoms with E-state index in [1.807, 2.05) is 24.3 Å². The number of fused-ring (bicyclic) bond motifs is 1. The van der Waals surface area contributed by atoms with Gasteiger partial charge in [0, 0.05) is 30.1 Å². The fraction of sp³-hybridized carbons (Fsp3) is 0.182. The Kier molecular flexibility index (Phi) is 4.59. The van der Waals surface area contributed by atoms with Crippen molar-refractivity contribution in [3.63, 3.8) is 0 Å². The molecule has 2 N–H and O–H groups in total. The van der Waals surface area contributed by atoms with Crippen LogP contribution in [0.3, 0.4) is 0 Å². The van der Waals surface area contributed by atoms with E-state index in [9.17, 15) is 14.0 Å². The molecule has 0 aliphatic carbocycles. The normalized spacial score (nSPS) is 20.2. The van der Waals surface area contributed by atoms with E-state index in [0.29, 0.717) is 17.9 Å². The van der Waals surface area contributed by atoms with Crippen LogP contribution in [0.25, 0.3) is 11.4 Å². The molecule has 3 amide bonds. The quantitative estimate of drug-likeness (QED) is 0.677. The van der Waals surface area contributed by atoms with Crippen LogP contribution in [0.15, 0.2) is 60.9 Å². The first-order chi connectivity index (χ1) is 15.0. The van der Waals surface area contributed by atoms with Gasteiger partial charge in [-0.3, -0.25) is 9.63 Å². The first-order valence-electron chi connectivity index (χ1n) is 9.70. The molecular formula is C22H18FN5O3. The van der Waals surface area contributed by atoms with Crippen LogP contribution in [0.2, 0.25) is 0 Å². The van der Waals surface area contributed by atoms with E-state index in [0.717, 1.165) is 16.7 Å². The highest BCUT2D eigenvalue weighted by molar-refractivity contribution is 5.98. The first kappa shape index (κ1) is 19.1. The molecule has 1 saturated heterocycles. The molecule has 9 heteroatoms. The van der Waals surface area contributed by atoms with Gasteiger partial charge in [-0.15, -0.1) is 0 Å². The van der Waals surface area contributed by atoms with Crippen LogP contribution in [-0.4, -0.2) is 40.0 Å². The Bertz CT molecular complexity index is 1160. The van der Waals surface area contributed by atoms with Crippen molar-refractivity contribution in [3.8, 4) is 11.4 Å². The summed E-state index contributed by atoms with van der Waals surface area (Å²) in [7, 11) is 0. The maximum absolute atomic E-state index is 13.6. The van der Waals surface area contributed by atoms with Crippen molar-refractivity contribution >= 4 is 11.9 Å². The Morgan fingerprint density at radius 3 is 2.61 bits per heavy atom. The average Bonchev–Trinajstić information content (AvgIpc) is 3.09. The SMILES string of the molecule is O=C1NOC[C@@](CN2Cc3ccc(F)cc3C2=O)(c2ccc(-c3ncccn3)cc2)N1. The van der Waals surface area contributed by atoms with Gasteiger partial charge in [0.15, 0.2) is 5.82 Å². The predicted octanol–water partition coefficient (Wildman–Crippen LogP) is 2.38. The summed E-state index contributed by atoms with van der Waals surface area (Å²) in [5.74, 6) is -0.155. The van der Waals surface area contributed by atoms with Crippen LogP contribution in [0.4, 0.5) is 9.18 Å². The minimum Gasteiger partial charge on any atom is -0.331 e. The second-order valence-electron chi connectivity index (χ2n) is 7.54. The van der Waals surface area contributed by atoms with E-state index >= 15 is 0 Å². The van der Waals surface area contributed by atoms with Crippen LogP contribution in [0.1, 0.15) is 21.5 Å². The molecule has 1 aromatic heterocycles. The topological polar surface area (TPSA) is 96.5 Å². The number of hydroxylamine groups is 1. The number of nitrogens with zero attached hydrogens (tertiary/aromatic N) is 3. The van der Waals surface area contributed by atoms with Gasteiger partial charge in [-0.2, -0.15) is 0 Å². The highest BCUT2D eigenvalue weighted by Gasteiger charge is 2.42. The van der Waals surface area contributed by atoms with E-state index in [1.165, 1.54) is 12.1 Å². The fourth-order valence-corrected chi connectivity index (χ4v) is 4.01. The van der Waals surface area contributed by atoms with Crippen LogP contribution in [0.5, 0.6) is 0 Å². The number of aromatic nitrogens is 2. The molecule has 31 heavy (non-hydrogen) atoms. The Hall–Kier alpha value is -3.85. The van der Waals surface area contributed by atoms with Crippen molar-refractivity contribution in [3.05, 3.63) is 83.4 Å². The molecule has 0 spiro atoms. The van der Waals surface area contributed by atoms with Crippen molar-refractivity contribution in [1.29, 1.82) is 0 Å². The minimum absolute atomic E-state index is 0.106. The summed E-state index contributed by atoms with van der Waals surface area (Å²) in [4.78, 5) is 40.4. The van der Waals surface area contributed by atoms with Crippen molar-refractivity contribution in [2.45, 2.75) is 12.1 Å². The highest BCUT2D eigenvalue weighted by atomic mass is 19.1. The first-order valence-corrected chi connectivity index (χ1v) is 9.70. The van der Waals surface area contributed by atoms with Gasteiger partial charge in [0.2, 0.25) is 0 Å².